The van der Waals surface area contributed by atoms with E-state index in [1.165, 1.54) is 6.92 Å². The van der Waals surface area contributed by atoms with Gasteiger partial charge in [0.2, 0.25) is 5.91 Å². The highest BCUT2D eigenvalue weighted by atomic mass is 32.1. The van der Waals surface area contributed by atoms with Crippen LogP contribution in [0.3, 0.4) is 0 Å². The number of rotatable bonds is 18. The summed E-state index contributed by atoms with van der Waals surface area (Å²) in [5.41, 5.74) is 5.45. The van der Waals surface area contributed by atoms with Gasteiger partial charge in [-0.05, 0) is 52.5 Å². The van der Waals surface area contributed by atoms with E-state index < -0.39 is 54.1 Å². The quantitative estimate of drug-likeness (QED) is 0.0858. The average Bonchev–Trinajstić information content (AvgIpc) is 3.81. The van der Waals surface area contributed by atoms with Crippen molar-refractivity contribution in [2.75, 3.05) is 13.7 Å². The van der Waals surface area contributed by atoms with Gasteiger partial charge in [-0.15, -0.1) is 11.3 Å². The lowest BCUT2D eigenvalue weighted by atomic mass is 9.94. The van der Waals surface area contributed by atoms with Crippen LogP contribution in [-0.2, 0) is 30.3 Å². The number of carbonyl (C=O) groups excluding carboxylic acids is 4. The SMILES string of the molecule is CC(=O)O[C@H](C[C@@H](C(C)C)N(C)C(=O)[C@@H](NC(=O)OCC1c2ccccc2-c2ccccc21)C(C)C)c1nc(C(=O)N[C@@H](Cc2ccccc2)C[C@@H](C)C(=O)O)cs1. The van der Waals surface area contributed by atoms with Crippen molar-refractivity contribution < 1.29 is 38.6 Å². The second-order valence-electron chi connectivity index (χ2n) is 15.7. The molecule has 5 atom stereocenters. The fourth-order valence-electron chi connectivity index (χ4n) is 7.58. The van der Waals surface area contributed by atoms with Crippen molar-refractivity contribution in [3.8, 4) is 11.1 Å². The first-order chi connectivity index (χ1) is 27.6. The zero-order valence-corrected chi connectivity index (χ0v) is 35.0. The Morgan fingerprint density at radius 1 is 0.828 bits per heavy atom. The third-order valence-electron chi connectivity index (χ3n) is 10.7. The van der Waals surface area contributed by atoms with E-state index in [0.717, 1.165) is 39.2 Å². The number of alkyl carbamates (subject to hydrolysis) is 1. The van der Waals surface area contributed by atoms with Gasteiger partial charge in [0.1, 0.15) is 23.4 Å². The van der Waals surface area contributed by atoms with Crippen molar-refractivity contribution in [1.29, 1.82) is 0 Å². The summed E-state index contributed by atoms with van der Waals surface area (Å²) in [6.45, 7) is 10.6. The number of esters is 1. The van der Waals surface area contributed by atoms with Crippen LogP contribution in [0.4, 0.5) is 4.79 Å². The summed E-state index contributed by atoms with van der Waals surface area (Å²) in [5, 5.41) is 17.3. The van der Waals surface area contributed by atoms with Crippen molar-refractivity contribution in [1.82, 2.24) is 20.5 Å². The highest BCUT2D eigenvalue weighted by Gasteiger charge is 2.36. The van der Waals surface area contributed by atoms with E-state index >= 15 is 0 Å². The summed E-state index contributed by atoms with van der Waals surface area (Å²) in [4.78, 5) is 71.3. The monoisotopic (exact) mass is 810 g/mol. The average molecular weight is 811 g/mol. The fourth-order valence-corrected chi connectivity index (χ4v) is 8.42. The minimum absolute atomic E-state index is 0.105. The Labute approximate surface area is 344 Å². The van der Waals surface area contributed by atoms with E-state index in [1.807, 2.05) is 94.4 Å². The Balaban J connectivity index is 1.26. The van der Waals surface area contributed by atoms with Gasteiger partial charge in [0, 0.05) is 43.8 Å². The van der Waals surface area contributed by atoms with Crippen LogP contribution in [0.1, 0.15) is 98.6 Å². The summed E-state index contributed by atoms with van der Waals surface area (Å²) in [6, 6.07) is 23.8. The largest absolute Gasteiger partial charge is 0.481 e. The maximum absolute atomic E-state index is 14.2. The first kappa shape index (κ1) is 43.6. The van der Waals surface area contributed by atoms with Gasteiger partial charge in [-0.3, -0.25) is 19.2 Å². The number of hydrogen-bond acceptors (Lipinski definition) is 9. The van der Waals surface area contributed by atoms with Crippen molar-refractivity contribution in [3.05, 3.63) is 112 Å². The Kier molecular flexibility index (Phi) is 14.8. The molecule has 0 spiro atoms. The standard InChI is InChI=1S/C45H54N4O8S/c1-26(2)38(49(7)43(52)40(27(3)4)48-45(55)56-24-36-34-19-13-11-17-32(34)33-18-12-14-20-35(33)36)23-39(57-29(6)50)42-47-37(25-58-42)41(51)46-31(21-28(5)44(53)54)22-30-15-9-8-10-16-30/h8-20,25-28,31,36,38-40H,21-24H2,1-7H3,(H,46,51)(H,48,55)(H,53,54)/t28-,31-,38+,39-,40+/m1/s1. The van der Waals surface area contributed by atoms with Gasteiger partial charge in [0.25, 0.3) is 5.91 Å². The molecule has 1 heterocycles. The number of amides is 3. The van der Waals surface area contributed by atoms with Gasteiger partial charge in [-0.25, -0.2) is 9.78 Å². The van der Waals surface area contributed by atoms with Crippen LogP contribution in [0.2, 0.25) is 0 Å². The van der Waals surface area contributed by atoms with Crippen molar-refractivity contribution in [3.63, 3.8) is 0 Å². The summed E-state index contributed by atoms with van der Waals surface area (Å²) < 4.78 is 11.6. The summed E-state index contributed by atoms with van der Waals surface area (Å²) in [5.74, 6) is -3.52. The Hall–Kier alpha value is -5.56. The van der Waals surface area contributed by atoms with Crippen molar-refractivity contribution in [2.45, 2.75) is 91.0 Å². The van der Waals surface area contributed by atoms with Gasteiger partial charge in [0.15, 0.2) is 6.10 Å². The van der Waals surface area contributed by atoms with Crippen LogP contribution in [0.15, 0.2) is 84.2 Å². The Morgan fingerprint density at radius 2 is 1.43 bits per heavy atom. The predicted octanol–water partition coefficient (Wildman–Crippen LogP) is 7.64. The number of ether oxygens (including phenoxy) is 2. The molecular weight excluding hydrogens is 757 g/mol. The molecular formula is C45H54N4O8S. The molecule has 0 saturated carbocycles. The third-order valence-corrected chi connectivity index (χ3v) is 11.6. The molecule has 0 bridgehead atoms. The number of nitrogens with one attached hydrogen (secondary N) is 2. The summed E-state index contributed by atoms with van der Waals surface area (Å²) in [6.07, 6.45) is -0.755. The van der Waals surface area contributed by atoms with Gasteiger partial charge < -0.3 is 30.1 Å². The van der Waals surface area contributed by atoms with E-state index in [9.17, 15) is 29.1 Å². The lowest BCUT2D eigenvalue weighted by Gasteiger charge is -2.36. The number of benzene rings is 3. The van der Waals surface area contributed by atoms with Gasteiger partial charge in [-0.2, -0.15) is 0 Å². The van der Waals surface area contributed by atoms with Gasteiger partial charge in [0.05, 0.1) is 5.92 Å². The topological polar surface area (TPSA) is 164 Å². The van der Waals surface area contributed by atoms with E-state index in [-0.39, 0.29) is 48.8 Å². The molecule has 13 heteroatoms. The molecule has 0 aliphatic heterocycles. The number of aromatic nitrogens is 1. The highest BCUT2D eigenvalue weighted by molar-refractivity contribution is 7.09. The maximum Gasteiger partial charge on any atom is 0.407 e. The van der Waals surface area contributed by atoms with Crippen LogP contribution in [0.25, 0.3) is 11.1 Å². The second kappa shape index (κ2) is 19.7. The number of aliphatic carboxylic acids is 1. The number of likely N-dealkylation sites (N-methyl/N-ethyl adjacent to an activating group) is 1. The number of carbonyl (C=O) groups is 5. The lowest BCUT2D eigenvalue weighted by molar-refractivity contribution is -0.148. The highest BCUT2D eigenvalue weighted by Crippen LogP contribution is 2.44. The van der Waals surface area contributed by atoms with E-state index in [0.29, 0.717) is 11.4 Å². The molecule has 58 heavy (non-hydrogen) atoms. The number of fused-ring (bicyclic) bond motifs is 3. The minimum Gasteiger partial charge on any atom is -0.481 e. The van der Waals surface area contributed by atoms with Crippen LogP contribution >= 0.6 is 11.3 Å². The number of carboxylic acid groups (broad SMARTS) is 1. The smallest absolute Gasteiger partial charge is 0.407 e. The van der Waals surface area contributed by atoms with Gasteiger partial charge in [-0.1, -0.05) is 113 Å². The molecule has 3 aromatic carbocycles. The minimum atomic E-state index is -0.955. The molecule has 0 radical (unpaired) electrons. The first-order valence-electron chi connectivity index (χ1n) is 19.7. The summed E-state index contributed by atoms with van der Waals surface area (Å²) in [7, 11) is 1.67. The van der Waals surface area contributed by atoms with Crippen LogP contribution in [0, 0.1) is 17.8 Å². The summed E-state index contributed by atoms with van der Waals surface area (Å²) >= 11 is 1.16. The van der Waals surface area contributed by atoms with E-state index in [2.05, 4.69) is 27.8 Å². The molecule has 308 valence electrons. The molecule has 1 aliphatic carbocycles. The van der Waals surface area contributed by atoms with E-state index in [1.54, 1.807) is 24.3 Å². The number of nitrogens with zero attached hydrogens (tertiary/aromatic N) is 2. The zero-order valence-electron chi connectivity index (χ0n) is 34.1. The zero-order chi connectivity index (χ0) is 42.1. The molecule has 5 rings (SSSR count). The molecule has 12 nitrogen and oxygen atoms in total. The molecule has 0 unspecified atom stereocenters. The molecule has 0 fully saturated rings. The number of thiazole rings is 1. The van der Waals surface area contributed by atoms with Crippen LogP contribution in [0.5, 0.6) is 0 Å². The lowest BCUT2D eigenvalue weighted by Crippen LogP contribution is -2.54. The normalized spacial score (nSPS) is 14.7. The fraction of sp³-hybridized carbons (Fsp3) is 0.422. The third kappa shape index (κ3) is 10.9. The van der Waals surface area contributed by atoms with Crippen molar-refractivity contribution in [2.24, 2.45) is 17.8 Å². The number of hydrogen-bond donors (Lipinski definition) is 3. The molecule has 1 aromatic heterocycles. The maximum atomic E-state index is 14.2. The molecule has 1 aliphatic rings. The molecule has 3 N–H and O–H groups in total. The van der Waals surface area contributed by atoms with E-state index in [4.69, 9.17) is 9.47 Å². The Bertz CT molecular complexity index is 2020. The Morgan fingerprint density at radius 3 is 2.00 bits per heavy atom. The predicted molar refractivity (Wildman–Crippen MR) is 222 cm³/mol. The van der Waals surface area contributed by atoms with Crippen molar-refractivity contribution >= 4 is 41.2 Å². The van der Waals surface area contributed by atoms with Crippen LogP contribution < -0.4 is 10.6 Å². The molecule has 3 amide bonds. The molecule has 4 aromatic rings. The molecule has 0 saturated heterocycles. The second-order valence-corrected chi connectivity index (χ2v) is 16.6. The van der Waals surface area contributed by atoms with Gasteiger partial charge >= 0.3 is 18.0 Å². The van der Waals surface area contributed by atoms with Crippen LogP contribution in [-0.4, -0.2) is 76.6 Å². The number of carboxylic acids is 1. The first-order valence-corrected chi connectivity index (χ1v) is 20.6.